The number of aromatic nitrogens is 1. The molecule has 34 heavy (non-hydrogen) atoms. The lowest BCUT2D eigenvalue weighted by molar-refractivity contribution is -0.136. The van der Waals surface area contributed by atoms with E-state index in [0.717, 1.165) is 11.7 Å². The Morgan fingerprint density at radius 2 is 1.53 bits per heavy atom. The molecular formula is C24H30N2O8. The van der Waals surface area contributed by atoms with E-state index < -0.39 is 35.3 Å². The van der Waals surface area contributed by atoms with Gasteiger partial charge in [-0.2, -0.15) is 0 Å². The number of nitrogens with zero attached hydrogens (tertiary/aromatic N) is 1. The Morgan fingerprint density at radius 1 is 0.912 bits per heavy atom. The van der Waals surface area contributed by atoms with Crippen LogP contribution in [-0.2, 0) is 23.7 Å². The van der Waals surface area contributed by atoms with Crippen LogP contribution in [-0.4, -0.2) is 54.1 Å². The Bertz CT molecular complexity index is 1150. The van der Waals surface area contributed by atoms with E-state index in [1.807, 2.05) is 0 Å². The summed E-state index contributed by atoms with van der Waals surface area (Å²) in [4.78, 5) is 50.0. The van der Waals surface area contributed by atoms with Gasteiger partial charge in [-0.1, -0.05) is 12.1 Å². The molecule has 0 saturated heterocycles. The fraction of sp³-hybridized carbons (Fsp3) is 0.417. The zero-order valence-corrected chi connectivity index (χ0v) is 20.6. The van der Waals surface area contributed by atoms with Crippen molar-refractivity contribution >= 4 is 41.1 Å². The first-order valence-electron chi connectivity index (χ1n) is 10.4. The molecule has 10 heteroatoms. The van der Waals surface area contributed by atoms with Gasteiger partial charge in [0.05, 0.1) is 25.3 Å². The molecule has 184 valence electrons. The van der Waals surface area contributed by atoms with Crippen molar-refractivity contribution in [3.63, 3.8) is 0 Å². The summed E-state index contributed by atoms with van der Waals surface area (Å²) in [6, 6.07) is 4.75. The first-order chi connectivity index (χ1) is 15.7. The molecule has 0 bridgehead atoms. The van der Waals surface area contributed by atoms with E-state index >= 15 is 0 Å². The monoisotopic (exact) mass is 474 g/mol. The number of hydrogen-bond donors (Lipinski definition) is 1. The van der Waals surface area contributed by atoms with Crippen molar-refractivity contribution in [2.24, 2.45) is 0 Å². The normalized spacial score (nSPS) is 12.2. The third-order valence-corrected chi connectivity index (χ3v) is 4.19. The lowest BCUT2D eigenvalue weighted by atomic mass is 10.1. The van der Waals surface area contributed by atoms with Gasteiger partial charge in [-0.25, -0.2) is 19.2 Å². The van der Waals surface area contributed by atoms with E-state index in [4.69, 9.17) is 18.9 Å². The van der Waals surface area contributed by atoms with Crippen molar-refractivity contribution < 1.29 is 38.1 Å². The predicted octanol–water partition coefficient (Wildman–Crippen LogP) is 4.25. The van der Waals surface area contributed by atoms with Gasteiger partial charge in [0.15, 0.2) is 0 Å². The summed E-state index contributed by atoms with van der Waals surface area (Å²) in [5.74, 6) is -1.50. The molecule has 0 fully saturated rings. The Kier molecular flexibility index (Phi) is 7.76. The van der Waals surface area contributed by atoms with Crippen LogP contribution in [0.2, 0.25) is 0 Å². The number of carbonyl (C=O) groups excluding carboxylic acids is 4. The fourth-order valence-corrected chi connectivity index (χ4v) is 2.98. The molecule has 1 N–H and O–H groups in total. The van der Waals surface area contributed by atoms with Crippen molar-refractivity contribution in [1.82, 2.24) is 9.88 Å². The minimum absolute atomic E-state index is 0.116. The Balaban J connectivity index is 2.71. The van der Waals surface area contributed by atoms with Crippen molar-refractivity contribution in [2.75, 3.05) is 14.2 Å². The number of amides is 1. The highest BCUT2D eigenvalue weighted by Crippen LogP contribution is 2.28. The molecule has 10 nitrogen and oxygen atoms in total. The Morgan fingerprint density at radius 3 is 2.06 bits per heavy atom. The second-order valence-electron chi connectivity index (χ2n) is 9.30. The SMILES string of the molecule is COC(=O)C(=Cc1cn(C(=O)OC(C)(C)C)c2c(C(=O)OC)cccc12)NC(=O)OC(C)(C)C. The van der Waals surface area contributed by atoms with Crippen LogP contribution in [0.15, 0.2) is 30.1 Å². The zero-order valence-electron chi connectivity index (χ0n) is 20.6. The number of esters is 2. The second kappa shape index (κ2) is 9.98. The molecule has 0 aliphatic carbocycles. The average molecular weight is 475 g/mol. The van der Waals surface area contributed by atoms with Crippen LogP contribution in [0.25, 0.3) is 17.0 Å². The number of benzene rings is 1. The topological polar surface area (TPSA) is 122 Å². The maximum atomic E-state index is 12.9. The van der Waals surface area contributed by atoms with Crippen LogP contribution < -0.4 is 5.32 Å². The highest BCUT2D eigenvalue weighted by molar-refractivity contribution is 6.09. The van der Waals surface area contributed by atoms with Crippen LogP contribution >= 0.6 is 0 Å². The van der Waals surface area contributed by atoms with E-state index in [-0.39, 0.29) is 16.8 Å². The molecule has 0 atom stereocenters. The number of hydrogen-bond acceptors (Lipinski definition) is 8. The maximum absolute atomic E-state index is 12.9. The number of alkyl carbamates (subject to hydrolysis) is 1. The van der Waals surface area contributed by atoms with Gasteiger partial charge < -0.3 is 18.9 Å². The summed E-state index contributed by atoms with van der Waals surface area (Å²) in [6.07, 6.45) is 1.11. The lowest BCUT2D eigenvalue weighted by Gasteiger charge is -2.20. The molecule has 1 heterocycles. The van der Waals surface area contributed by atoms with Crippen molar-refractivity contribution in [2.45, 2.75) is 52.7 Å². The molecule has 0 radical (unpaired) electrons. The van der Waals surface area contributed by atoms with Gasteiger partial charge in [0, 0.05) is 17.1 Å². The van der Waals surface area contributed by atoms with Gasteiger partial charge in [-0.15, -0.1) is 0 Å². The first-order valence-corrected chi connectivity index (χ1v) is 10.4. The standard InChI is InChI=1S/C24H30N2O8/c1-23(2,3)33-21(29)25-17(20(28)32-8)12-14-13-26(22(30)34-24(4,5)6)18-15(14)10-9-11-16(18)19(27)31-7/h9-13H,1-8H3,(H,25,29). The van der Waals surface area contributed by atoms with Gasteiger partial charge in [-0.3, -0.25) is 9.88 Å². The number of methoxy groups -OCH3 is 2. The van der Waals surface area contributed by atoms with Crippen molar-refractivity contribution in [3.05, 3.63) is 41.2 Å². The smallest absolute Gasteiger partial charge is 0.419 e. The predicted molar refractivity (Wildman–Crippen MR) is 124 cm³/mol. The molecule has 0 unspecified atom stereocenters. The molecule has 1 aromatic heterocycles. The lowest BCUT2D eigenvalue weighted by Crippen LogP contribution is -2.34. The van der Waals surface area contributed by atoms with Crippen LogP contribution in [0, 0.1) is 0 Å². The van der Waals surface area contributed by atoms with Gasteiger partial charge in [0.25, 0.3) is 0 Å². The van der Waals surface area contributed by atoms with E-state index in [1.165, 1.54) is 25.4 Å². The zero-order chi connectivity index (χ0) is 25.8. The molecule has 0 aliphatic heterocycles. The largest absolute Gasteiger partial charge is 0.465 e. The van der Waals surface area contributed by atoms with E-state index in [0.29, 0.717) is 10.9 Å². The quantitative estimate of drug-likeness (QED) is 0.396. The molecule has 0 aliphatic rings. The summed E-state index contributed by atoms with van der Waals surface area (Å²) in [5, 5.41) is 2.80. The van der Waals surface area contributed by atoms with Gasteiger partial charge in [0.1, 0.15) is 16.9 Å². The summed E-state index contributed by atoms with van der Waals surface area (Å²) in [5.41, 5.74) is -1.17. The average Bonchev–Trinajstić information content (AvgIpc) is 3.08. The molecule has 2 rings (SSSR count). The third kappa shape index (κ3) is 6.60. The Hall–Kier alpha value is -3.82. The van der Waals surface area contributed by atoms with Crippen LogP contribution in [0.4, 0.5) is 9.59 Å². The number of para-hydroxylation sites is 1. The van der Waals surface area contributed by atoms with E-state index in [9.17, 15) is 19.2 Å². The van der Waals surface area contributed by atoms with Crippen LogP contribution in [0.1, 0.15) is 57.5 Å². The van der Waals surface area contributed by atoms with Crippen molar-refractivity contribution in [1.29, 1.82) is 0 Å². The number of ether oxygens (including phenoxy) is 4. The molecule has 1 aromatic carbocycles. The number of fused-ring (bicyclic) bond motifs is 1. The molecule has 0 spiro atoms. The summed E-state index contributed by atoms with van der Waals surface area (Å²) < 4.78 is 21.5. The van der Waals surface area contributed by atoms with E-state index in [1.54, 1.807) is 53.7 Å². The first kappa shape index (κ1) is 26.4. The Labute approximate surface area is 197 Å². The maximum Gasteiger partial charge on any atom is 0.419 e. The summed E-state index contributed by atoms with van der Waals surface area (Å²) in [6.45, 7) is 10.2. The molecule has 0 saturated carbocycles. The van der Waals surface area contributed by atoms with Gasteiger partial charge in [0.2, 0.25) is 0 Å². The van der Waals surface area contributed by atoms with Crippen LogP contribution in [0.3, 0.4) is 0 Å². The third-order valence-electron chi connectivity index (χ3n) is 4.19. The minimum Gasteiger partial charge on any atom is -0.465 e. The number of rotatable bonds is 4. The number of carbonyl (C=O) groups is 4. The van der Waals surface area contributed by atoms with Gasteiger partial charge >= 0.3 is 24.1 Å². The highest BCUT2D eigenvalue weighted by atomic mass is 16.6. The highest BCUT2D eigenvalue weighted by Gasteiger charge is 2.25. The van der Waals surface area contributed by atoms with E-state index in [2.05, 4.69) is 5.32 Å². The van der Waals surface area contributed by atoms with Crippen molar-refractivity contribution in [3.8, 4) is 0 Å². The molecular weight excluding hydrogens is 444 g/mol. The fourth-order valence-electron chi connectivity index (χ4n) is 2.98. The van der Waals surface area contributed by atoms with Gasteiger partial charge in [-0.05, 0) is 53.7 Å². The summed E-state index contributed by atoms with van der Waals surface area (Å²) >= 11 is 0. The molecule has 1 amide bonds. The second-order valence-corrected chi connectivity index (χ2v) is 9.30. The number of nitrogens with one attached hydrogen (secondary N) is 1. The summed E-state index contributed by atoms with van der Waals surface area (Å²) in [7, 11) is 2.38. The van der Waals surface area contributed by atoms with Crippen LogP contribution in [0.5, 0.6) is 0 Å². The molecule has 2 aromatic rings. The minimum atomic E-state index is -0.865.